The van der Waals surface area contributed by atoms with Crippen molar-refractivity contribution in [3.8, 4) is 0 Å². The van der Waals surface area contributed by atoms with Crippen LogP contribution in [-0.2, 0) is 6.54 Å². The maximum Gasteiger partial charge on any atom is 0.434 e. The van der Waals surface area contributed by atoms with Gasteiger partial charge < -0.3 is 20.3 Å². The lowest BCUT2D eigenvalue weighted by molar-refractivity contribution is -0.397. The number of nitro groups is 1. The molecule has 0 saturated carbocycles. The molecule has 1 heterocycles. The van der Waals surface area contributed by atoms with E-state index >= 15 is 0 Å². The van der Waals surface area contributed by atoms with Crippen LogP contribution in [0.2, 0.25) is 0 Å². The Bertz CT molecular complexity index is 356. The number of alkyl halides is 1. The predicted molar refractivity (Wildman–Crippen MR) is 64.4 cm³/mol. The summed E-state index contributed by atoms with van der Waals surface area (Å²) < 4.78 is 1.82. The van der Waals surface area contributed by atoms with Gasteiger partial charge in [0, 0.05) is 4.43 Å². The molecular formula is C8H12IN3O4. The van der Waals surface area contributed by atoms with Gasteiger partial charge in [-0.05, 0) is 4.92 Å². The third-order valence-electron chi connectivity index (χ3n) is 2.32. The largest absolute Gasteiger partial charge is 0.434 e. The first-order chi connectivity index (χ1) is 7.58. The molecule has 0 aliphatic heterocycles. The molecule has 8 heteroatoms. The Hall–Kier alpha value is -0.740. The summed E-state index contributed by atoms with van der Waals surface area (Å²) in [6.07, 6.45) is 2.79. The Morgan fingerprint density at radius 3 is 2.62 bits per heavy atom. The van der Waals surface area contributed by atoms with Gasteiger partial charge in [0.05, 0.1) is 25.2 Å². The third kappa shape index (κ3) is 2.68. The molecule has 0 unspecified atom stereocenters. The fourth-order valence-electron chi connectivity index (χ4n) is 1.23. The topological polar surface area (TPSA) is 101 Å². The molecule has 1 rings (SSSR count). The van der Waals surface area contributed by atoms with Crippen LogP contribution in [0.5, 0.6) is 0 Å². The van der Waals surface area contributed by atoms with Crippen LogP contribution in [0.3, 0.4) is 0 Å². The average molecular weight is 341 g/mol. The van der Waals surface area contributed by atoms with Crippen LogP contribution >= 0.6 is 22.6 Å². The fourth-order valence-corrected chi connectivity index (χ4v) is 1.96. The van der Waals surface area contributed by atoms with E-state index in [0.717, 1.165) is 0 Å². The fraction of sp³-hybridized carbons (Fsp3) is 0.625. The van der Waals surface area contributed by atoms with Gasteiger partial charge in [-0.3, -0.25) is 0 Å². The molecule has 0 atom stereocenters. The second-order valence-electron chi connectivity index (χ2n) is 3.56. The number of aliphatic hydroxyl groups excluding tert-OH is 2. The molecule has 7 nitrogen and oxygen atoms in total. The van der Waals surface area contributed by atoms with E-state index < -0.39 is 10.3 Å². The van der Waals surface area contributed by atoms with E-state index in [0.29, 0.717) is 4.43 Å². The molecular weight excluding hydrogens is 329 g/mol. The second kappa shape index (κ2) is 5.55. The Kier molecular flexibility index (Phi) is 4.62. The zero-order valence-electron chi connectivity index (χ0n) is 8.41. The Labute approximate surface area is 105 Å². The van der Waals surface area contributed by atoms with E-state index in [1.165, 1.54) is 17.0 Å². The van der Waals surface area contributed by atoms with Gasteiger partial charge in [0.2, 0.25) is 0 Å². The normalized spacial score (nSPS) is 11.7. The van der Waals surface area contributed by atoms with Crippen LogP contribution in [0.15, 0.2) is 12.4 Å². The zero-order chi connectivity index (χ0) is 12.2. The minimum absolute atomic E-state index is 0.166. The highest BCUT2D eigenvalue weighted by Crippen LogP contribution is 2.24. The van der Waals surface area contributed by atoms with Crippen LogP contribution < -0.4 is 0 Å². The number of rotatable bonds is 6. The number of aliphatic hydroxyl groups is 2. The Morgan fingerprint density at radius 1 is 1.56 bits per heavy atom. The lowest BCUT2D eigenvalue weighted by Crippen LogP contribution is -2.36. The first kappa shape index (κ1) is 13.3. The molecule has 2 N–H and O–H groups in total. The van der Waals surface area contributed by atoms with Gasteiger partial charge in [0.15, 0.2) is 0 Å². The average Bonchev–Trinajstić information content (AvgIpc) is 2.74. The number of hydrogen-bond acceptors (Lipinski definition) is 5. The van der Waals surface area contributed by atoms with E-state index in [4.69, 9.17) is 0 Å². The van der Waals surface area contributed by atoms with Crippen LogP contribution in [0.25, 0.3) is 0 Å². The summed E-state index contributed by atoms with van der Waals surface area (Å²) in [5.41, 5.74) is -0.758. The van der Waals surface area contributed by atoms with Crippen molar-refractivity contribution < 1.29 is 15.1 Å². The SMILES string of the molecule is O=[N+]([O-])c1nccn1CC(CO)(CO)CI. The predicted octanol–water partition coefficient (Wildman–Crippen LogP) is 0.197. The number of nitrogens with zero attached hydrogens (tertiary/aromatic N) is 3. The minimum Gasteiger partial charge on any atom is -0.396 e. The quantitative estimate of drug-likeness (QED) is 0.333. The van der Waals surface area contributed by atoms with Gasteiger partial charge in [-0.25, -0.2) is 4.57 Å². The van der Waals surface area contributed by atoms with Crippen molar-refractivity contribution in [1.29, 1.82) is 0 Å². The van der Waals surface area contributed by atoms with Crippen molar-refractivity contribution in [1.82, 2.24) is 9.55 Å². The van der Waals surface area contributed by atoms with Crippen molar-refractivity contribution in [2.24, 2.45) is 5.41 Å². The number of aromatic nitrogens is 2. The zero-order valence-corrected chi connectivity index (χ0v) is 10.6. The highest BCUT2D eigenvalue weighted by atomic mass is 127. The first-order valence-corrected chi connectivity index (χ1v) is 6.04. The van der Waals surface area contributed by atoms with Gasteiger partial charge in [-0.15, -0.1) is 0 Å². The third-order valence-corrected chi connectivity index (χ3v) is 3.93. The van der Waals surface area contributed by atoms with Crippen LogP contribution in [-0.4, -0.2) is 42.3 Å². The van der Waals surface area contributed by atoms with Gasteiger partial charge in [0.1, 0.15) is 12.4 Å². The van der Waals surface area contributed by atoms with Gasteiger partial charge >= 0.3 is 5.95 Å². The summed E-state index contributed by atoms with van der Waals surface area (Å²) in [7, 11) is 0. The number of hydrogen-bond donors (Lipinski definition) is 2. The van der Waals surface area contributed by atoms with Gasteiger partial charge in [0.25, 0.3) is 0 Å². The van der Waals surface area contributed by atoms with Crippen molar-refractivity contribution in [2.45, 2.75) is 6.54 Å². The Balaban J connectivity index is 2.93. The summed E-state index contributed by atoms with van der Waals surface area (Å²) in [4.78, 5) is 13.6. The number of imidazole rings is 1. The molecule has 90 valence electrons. The summed E-state index contributed by atoms with van der Waals surface area (Å²) in [5, 5.41) is 29.1. The lowest BCUT2D eigenvalue weighted by atomic mass is 9.93. The highest BCUT2D eigenvalue weighted by Gasteiger charge is 2.32. The molecule has 0 spiro atoms. The summed E-state index contributed by atoms with van der Waals surface area (Å²) in [6, 6.07) is 0. The van der Waals surface area contributed by atoms with Crippen LogP contribution in [0.1, 0.15) is 0 Å². The van der Waals surface area contributed by atoms with E-state index in [9.17, 15) is 20.3 Å². The van der Waals surface area contributed by atoms with E-state index in [-0.39, 0.29) is 25.7 Å². The smallest absolute Gasteiger partial charge is 0.396 e. The molecule has 0 aliphatic rings. The van der Waals surface area contributed by atoms with Crippen LogP contribution in [0.4, 0.5) is 5.95 Å². The summed E-state index contributed by atoms with van der Waals surface area (Å²) in [5.74, 6) is -0.281. The molecule has 0 fully saturated rings. The van der Waals surface area contributed by atoms with E-state index in [2.05, 4.69) is 4.98 Å². The van der Waals surface area contributed by atoms with Crippen molar-refractivity contribution in [3.63, 3.8) is 0 Å². The maximum absolute atomic E-state index is 10.6. The summed E-state index contributed by atoms with van der Waals surface area (Å²) >= 11 is 2.03. The molecule has 0 aliphatic carbocycles. The number of halogens is 1. The van der Waals surface area contributed by atoms with Crippen molar-refractivity contribution >= 4 is 28.5 Å². The van der Waals surface area contributed by atoms with Crippen molar-refractivity contribution in [2.75, 3.05) is 17.6 Å². The molecule has 1 aromatic rings. The standard InChI is InChI=1S/C8H12IN3O4/c9-3-8(5-13,6-14)4-11-2-1-10-7(11)12(15)16/h1-2,13-14H,3-6H2. The Morgan fingerprint density at radius 2 is 2.19 bits per heavy atom. The lowest BCUT2D eigenvalue weighted by Gasteiger charge is -2.25. The second-order valence-corrected chi connectivity index (χ2v) is 4.32. The van der Waals surface area contributed by atoms with Crippen molar-refractivity contribution in [3.05, 3.63) is 22.5 Å². The highest BCUT2D eigenvalue weighted by molar-refractivity contribution is 14.1. The maximum atomic E-state index is 10.6. The molecule has 0 amide bonds. The van der Waals surface area contributed by atoms with Crippen LogP contribution in [0, 0.1) is 15.5 Å². The van der Waals surface area contributed by atoms with E-state index in [1.807, 2.05) is 22.6 Å². The minimum atomic E-state index is -0.758. The monoisotopic (exact) mass is 341 g/mol. The molecule has 0 bridgehead atoms. The van der Waals surface area contributed by atoms with Gasteiger partial charge in [-0.2, -0.15) is 0 Å². The summed E-state index contributed by atoms with van der Waals surface area (Å²) in [6.45, 7) is -0.303. The molecule has 1 aromatic heterocycles. The molecule has 0 radical (unpaired) electrons. The first-order valence-electron chi connectivity index (χ1n) is 4.52. The molecule has 16 heavy (non-hydrogen) atoms. The van der Waals surface area contributed by atoms with E-state index in [1.54, 1.807) is 0 Å². The molecule has 0 saturated heterocycles. The molecule has 0 aromatic carbocycles. The van der Waals surface area contributed by atoms with Gasteiger partial charge in [-0.1, -0.05) is 27.6 Å².